The van der Waals surface area contributed by atoms with E-state index in [2.05, 4.69) is 175 Å². The van der Waals surface area contributed by atoms with E-state index < -0.39 is 31.8 Å². The van der Waals surface area contributed by atoms with Crippen molar-refractivity contribution >= 4 is 64.6 Å². The van der Waals surface area contributed by atoms with Gasteiger partial charge in [-0.15, -0.1) is 0 Å². The van der Waals surface area contributed by atoms with Gasteiger partial charge in [0.15, 0.2) is 0 Å². The fraction of sp³-hybridized carbons (Fsp3) is 0.188. The zero-order valence-electron chi connectivity index (χ0n) is 43.0. The molecule has 0 fully saturated rings. The fourth-order valence-corrected chi connectivity index (χ4v) is 12.9. The van der Waals surface area contributed by atoms with E-state index in [-0.39, 0.29) is 44.6 Å². The van der Waals surface area contributed by atoms with E-state index in [1.54, 1.807) is 24.3 Å². The molecule has 0 aliphatic heterocycles. The second-order valence-electron chi connectivity index (χ2n) is 23.1. The van der Waals surface area contributed by atoms with Gasteiger partial charge in [0.05, 0.1) is 31.8 Å². The van der Waals surface area contributed by atoms with Crippen LogP contribution in [0.1, 0.15) is 97.2 Å². The van der Waals surface area contributed by atoms with E-state index in [9.17, 15) is 30.6 Å². The van der Waals surface area contributed by atoms with Gasteiger partial charge in [-0.2, -0.15) is 0 Å². The maximum Gasteiger partial charge on any atom is 0.126 e. The highest BCUT2D eigenvalue weighted by atomic mass is 16.3. The first-order chi connectivity index (χ1) is 36.0. The molecule has 0 aromatic heterocycles. The number of aromatic hydroxyl groups is 2. The summed E-state index contributed by atoms with van der Waals surface area (Å²) in [6, 6.07) is 56.5. The van der Waals surface area contributed by atoms with Gasteiger partial charge in [-0.05, 0) is 179 Å². The number of phenols is 2. The first kappa shape index (κ1) is 46.9. The monoisotopic (exact) mass is 982 g/mol. The quantitative estimate of drug-likeness (QED) is 0.0844. The Hall–Kier alpha value is -7.84. The zero-order valence-corrected chi connectivity index (χ0v) is 43.0. The molecule has 6 heteroatoms. The van der Waals surface area contributed by atoms with Crippen LogP contribution < -0.4 is 0 Å². The van der Waals surface area contributed by atoms with Crippen LogP contribution in [0.3, 0.4) is 0 Å². The molecule has 75 heavy (non-hydrogen) atoms. The highest BCUT2D eigenvalue weighted by molar-refractivity contribution is 6.27. The van der Waals surface area contributed by atoms with Crippen LogP contribution in [0.2, 0.25) is 0 Å². The molecular weight excluding hydrogens is 925 g/mol. The Kier molecular flexibility index (Phi) is 10.4. The molecule has 0 radical (unpaired) electrons. The van der Waals surface area contributed by atoms with Crippen molar-refractivity contribution in [3.8, 4) is 44.9 Å². The maximum absolute atomic E-state index is 11.5. The summed E-state index contributed by atoms with van der Waals surface area (Å²) in [5.74, 6) is -0.381. The Bertz CT molecular complexity index is 3970. The Morgan fingerprint density at radius 1 is 0.333 bits per heavy atom. The number of hydrogen-bond acceptors (Lipinski definition) is 6. The summed E-state index contributed by atoms with van der Waals surface area (Å²) in [5, 5.41) is 81.0. The number of rotatable bonds is 8. The summed E-state index contributed by atoms with van der Waals surface area (Å²) in [5.41, 5.74) is 11.2. The van der Waals surface area contributed by atoms with Crippen LogP contribution in [0, 0.1) is 0 Å². The highest BCUT2D eigenvalue weighted by Crippen LogP contribution is 2.59. The van der Waals surface area contributed by atoms with Crippen molar-refractivity contribution in [3.05, 3.63) is 213 Å². The zero-order chi connectivity index (χ0) is 52.0. The van der Waals surface area contributed by atoms with Gasteiger partial charge < -0.3 is 30.6 Å². The van der Waals surface area contributed by atoms with Crippen LogP contribution >= 0.6 is 0 Å². The van der Waals surface area contributed by atoms with E-state index in [0.29, 0.717) is 11.1 Å². The maximum atomic E-state index is 11.5. The van der Waals surface area contributed by atoms with Crippen molar-refractivity contribution in [1.29, 1.82) is 0 Å². The van der Waals surface area contributed by atoms with Crippen molar-refractivity contribution in [2.45, 2.75) is 84.2 Å². The predicted octanol–water partition coefficient (Wildman–Crippen LogP) is 15.2. The van der Waals surface area contributed by atoms with Crippen molar-refractivity contribution < 1.29 is 30.6 Å². The van der Waals surface area contributed by atoms with E-state index in [4.69, 9.17) is 0 Å². The lowest BCUT2D eigenvalue weighted by Crippen LogP contribution is -2.30. The van der Waals surface area contributed by atoms with Crippen molar-refractivity contribution in [3.63, 3.8) is 0 Å². The van der Waals surface area contributed by atoms with Crippen molar-refractivity contribution in [2.75, 3.05) is 0 Å². The summed E-state index contributed by atoms with van der Waals surface area (Å²) in [6.07, 6.45) is 0. The van der Waals surface area contributed by atoms with Crippen LogP contribution in [0.5, 0.6) is 11.5 Å². The number of aliphatic hydroxyl groups excluding tert-OH is 4. The second-order valence-corrected chi connectivity index (χ2v) is 23.1. The Morgan fingerprint density at radius 3 is 0.973 bits per heavy atom. The molecule has 0 unspecified atom stereocenters. The van der Waals surface area contributed by atoms with Crippen LogP contribution in [0.4, 0.5) is 0 Å². The molecule has 6 N–H and O–H groups in total. The van der Waals surface area contributed by atoms with Crippen LogP contribution in [-0.2, 0) is 42.7 Å². The summed E-state index contributed by atoms with van der Waals surface area (Å²) in [6.45, 7) is 11.5. The first-order valence-corrected chi connectivity index (χ1v) is 25.9. The molecule has 0 heterocycles. The standard InChI is InChI=1S/C69H58O6/c1-67(2,3)49-23-41-9-7-37-11-17-53(57-21-15-43(25-49)61(41)63(37)57)39-13-19-55-56-20-14-40(54-18-12-38-8-10-42-24-50(68(4,5)6)26-44-16-22-58(54)64(38)62(42)44)32-60(56)69(59(55)31-39,51-27-45(33-70)65(74)46(28-51)34-71)52-29-47(35-72)66(75)48(30-52)36-73/h7-32,70-75H,33-36H2,1-6H3. The van der Waals surface area contributed by atoms with Gasteiger partial charge >= 0.3 is 0 Å². The third kappa shape index (κ3) is 6.80. The van der Waals surface area contributed by atoms with Gasteiger partial charge in [-0.1, -0.05) is 163 Å². The molecule has 0 amide bonds. The van der Waals surface area contributed by atoms with Gasteiger partial charge in [0.1, 0.15) is 11.5 Å². The van der Waals surface area contributed by atoms with Gasteiger partial charge in [-0.3, -0.25) is 0 Å². The van der Waals surface area contributed by atoms with E-state index in [1.165, 1.54) is 54.2 Å². The average molecular weight is 983 g/mol. The molecule has 0 saturated carbocycles. The van der Waals surface area contributed by atoms with E-state index >= 15 is 0 Å². The molecule has 0 atom stereocenters. The van der Waals surface area contributed by atoms with E-state index in [1.807, 2.05) is 0 Å². The minimum absolute atomic E-state index is 0.0235. The lowest BCUT2D eigenvalue weighted by atomic mass is 9.66. The average Bonchev–Trinajstić information content (AvgIpc) is 3.83. The molecule has 0 spiro atoms. The number of aliphatic hydroxyl groups is 4. The van der Waals surface area contributed by atoms with Crippen LogP contribution in [0.15, 0.2) is 158 Å². The second kappa shape index (κ2) is 16.6. The molecule has 12 aromatic rings. The Morgan fingerprint density at radius 2 is 0.640 bits per heavy atom. The third-order valence-corrected chi connectivity index (χ3v) is 16.8. The van der Waals surface area contributed by atoms with Crippen molar-refractivity contribution in [1.82, 2.24) is 0 Å². The number of fused-ring (bicyclic) bond motifs is 3. The lowest BCUT2D eigenvalue weighted by Gasteiger charge is -2.36. The van der Waals surface area contributed by atoms with Gasteiger partial charge in [0, 0.05) is 22.3 Å². The summed E-state index contributed by atoms with van der Waals surface area (Å²) < 4.78 is 0. The van der Waals surface area contributed by atoms with Crippen molar-refractivity contribution in [2.24, 2.45) is 0 Å². The predicted molar refractivity (Wildman–Crippen MR) is 306 cm³/mol. The largest absolute Gasteiger partial charge is 0.507 e. The normalized spacial score (nSPS) is 13.6. The van der Waals surface area contributed by atoms with Gasteiger partial charge in [-0.25, -0.2) is 0 Å². The molecule has 12 aromatic carbocycles. The van der Waals surface area contributed by atoms with Gasteiger partial charge in [0.25, 0.3) is 0 Å². The first-order valence-electron chi connectivity index (χ1n) is 25.9. The molecule has 6 nitrogen and oxygen atoms in total. The highest BCUT2D eigenvalue weighted by Gasteiger charge is 2.48. The molecule has 370 valence electrons. The summed E-state index contributed by atoms with van der Waals surface area (Å²) in [4.78, 5) is 0. The smallest absolute Gasteiger partial charge is 0.126 e. The third-order valence-electron chi connectivity index (χ3n) is 16.8. The van der Waals surface area contributed by atoms with Crippen LogP contribution in [0.25, 0.3) is 98.0 Å². The number of hydrogen-bond donors (Lipinski definition) is 6. The van der Waals surface area contributed by atoms with Crippen LogP contribution in [-0.4, -0.2) is 30.6 Å². The Balaban J connectivity index is 1.12. The topological polar surface area (TPSA) is 121 Å². The number of benzene rings is 12. The minimum atomic E-state index is -1.28. The minimum Gasteiger partial charge on any atom is -0.507 e. The summed E-state index contributed by atoms with van der Waals surface area (Å²) in [7, 11) is 0. The van der Waals surface area contributed by atoms with Gasteiger partial charge in [0.2, 0.25) is 0 Å². The molecule has 13 rings (SSSR count). The fourth-order valence-electron chi connectivity index (χ4n) is 12.9. The summed E-state index contributed by atoms with van der Waals surface area (Å²) >= 11 is 0. The van der Waals surface area contributed by atoms with E-state index in [0.717, 1.165) is 66.1 Å². The SMILES string of the molecule is CC(C)(C)c1cc2ccc3ccc(-c4ccc5c(c4)C(c4cc(CO)c(O)c(CO)c4)(c4cc(CO)c(O)c(CO)c4)c4cc(-c6ccc7ccc8cc(C(C)(C)C)cc9ccc6c7c89)ccc4-5)c4ccc(c1)c2c34. The Labute approximate surface area is 435 Å². The molecular formula is C69H58O6. The molecule has 0 bridgehead atoms. The molecule has 1 aliphatic rings. The molecule has 1 aliphatic carbocycles. The molecule has 0 saturated heterocycles. The lowest BCUT2D eigenvalue weighted by molar-refractivity contribution is 0.263.